The van der Waals surface area contributed by atoms with Crippen LogP contribution in [0.3, 0.4) is 0 Å². The monoisotopic (exact) mass is 431 g/mol. The summed E-state index contributed by atoms with van der Waals surface area (Å²) in [4.78, 5) is 10.5. The third-order valence-electron chi connectivity index (χ3n) is 3.23. The molecule has 0 spiro atoms. The summed E-state index contributed by atoms with van der Waals surface area (Å²) in [6.45, 7) is 4.38. The summed E-state index contributed by atoms with van der Waals surface area (Å²) in [5.74, 6) is 1.70. The zero-order valence-electron chi connectivity index (χ0n) is 11.6. The summed E-state index contributed by atoms with van der Waals surface area (Å²) in [5.41, 5.74) is 2.21. The lowest BCUT2D eigenvalue weighted by molar-refractivity contribution is 0.109. The average molecular weight is 433 g/mol. The summed E-state index contributed by atoms with van der Waals surface area (Å²) in [5, 5.41) is 3.40. The Labute approximate surface area is 144 Å². The van der Waals surface area contributed by atoms with Gasteiger partial charge in [-0.1, -0.05) is 6.92 Å². The largest absolute Gasteiger partial charge is 0.376 e. The normalized spacial score (nSPS) is 14.0. The van der Waals surface area contributed by atoms with Gasteiger partial charge in [0, 0.05) is 23.0 Å². The van der Waals surface area contributed by atoms with Crippen LogP contribution in [0, 0.1) is 0 Å². The molecule has 3 heterocycles. The molecule has 1 N–H and O–H groups in total. The van der Waals surface area contributed by atoms with E-state index in [1.54, 1.807) is 11.3 Å². The Kier molecular flexibility index (Phi) is 4.93. The number of aromatic nitrogens is 2. The average Bonchev–Trinajstić information content (AvgIpc) is 2.84. The number of hydrogen-bond acceptors (Lipinski definition) is 5. The van der Waals surface area contributed by atoms with Crippen molar-refractivity contribution in [2.75, 3.05) is 18.5 Å². The number of thiophene rings is 1. The third-order valence-corrected chi connectivity index (χ3v) is 6.48. The lowest BCUT2D eigenvalue weighted by atomic mass is 10.1. The minimum Gasteiger partial charge on any atom is -0.376 e. The standard InChI is InChI=1S/C14H15Br2N3OS/c1-2-4-17-13-8-7-20-5-3-10(8)18-14(19-13)11-6-9(15)12(16)21-11/h6H,2-5,7H2,1H3,(H,17,18,19). The fourth-order valence-corrected chi connectivity index (χ4v) is 4.16. The van der Waals surface area contributed by atoms with Crippen LogP contribution in [0.15, 0.2) is 14.3 Å². The number of halogens is 2. The quantitative estimate of drug-likeness (QED) is 0.765. The number of ether oxygens (including phenoxy) is 1. The minimum atomic E-state index is 0.597. The van der Waals surface area contributed by atoms with Crippen molar-refractivity contribution in [2.24, 2.45) is 0 Å². The number of anilines is 1. The van der Waals surface area contributed by atoms with Crippen molar-refractivity contribution in [2.45, 2.75) is 26.4 Å². The van der Waals surface area contributed by atoms with Crippen molar-refractivity contribution in [3.8, 4) is 10.7 Å². The molecule has 2 aromatic rings. The molecule has 112 valence electrons. The van der Waals surface area contributed by atoms with Crippen molar-refractivity contribution < 1.29 is 4.74 Å². The summed E-state index contributed by atoms with van der Waals surface area (Å²) in [7, 11) is 0. The van der Waals surface area contributed by atoms with Gasteiger partial charge >= 0.3 is 0 Å². The van der Waals surface area contributed by atoms with Crippen LogP contribution >= 0.6 is 43.2 Å². The highest BCUT2D eigenvalue weighted by Crippen LogP contribution is 2.38. The number of nitrogens with one attached hydrogen (secondary N) is 1. The van der Waals surface area contributed by atoms with E-state index >= 15 is 0 Å². The minimum absolute atomic E-state index is 0.597. The third kappa shape index (κ3) is 3.31. The van der Waals surface area contributed by atoms with E-state index in [1.807, 2.05) is 0 Å². The van der Waals surface area contributed by atoms with Crippen molar-refractivity contribution >= 4 is 49.0 Å². The molecule has 1 aliphatic rings. The maximum Gasteiger partial charge on any atom is 0.171 e. The van der Waals surface area contributed by atoms with Crippen LogP contribution in [0.1, 0.15) is 24.6 Å². The first kappa shape index (κ1) is 15.4. The van der Waals surface area contributed by atoms with Crippen molar-refractivity contribution in [1.82, 2.24) is 9.97 Å². The van der Waals surface area contributed by atoms with Gasteiger partial charge in [0.15, 0.2) is 5.82 Å². The second kappa shape index (κ2) is 6.73. The van der Waals surface area contributed by atoms with Crippen molar-refractivity contribution in [3.05, 3.63) is 25.6 Å². The predicted molar refractivity (Wildman–Crippen MR) is 92.9 cm³/mol. The SMILES string of the molecule is CCCNc1nc(-c2cc(Br)c(Br)s2)nc2c1COCC2. The molecule has 21 heavy (non-hydrogen) atoms. The van der Waals surface area contributed by atoms with E-state index in [2.05, 4.69) is 50.2 Å². The van der Waals surface area contributed by atoms with Gasteiger partial charge in [0.25, 0.3) is 0 Å². The van der Waals surface area contributed by atoms with E-state index < -0.39 is 0 Å². The van der Waals surface area contributed by atoms with E-state index in [0.29, 0.717) is 6.61 Å². The molecule has 0 saturated heterocycles. The van der Waals surface area contributed by atoms with Gasteiger partial charge in [-0.25, -0.2) is 9.97 Å². The van der Waals surface area contributed by atoms with Crippen LogP contribution in [0.25, 0.3) is 10.7 Å². The molecule has 2 aromatic heterocycles. The van der Waals surface area contributed by atoms with Crippen LogP contribution in [0.2, 0.25) is 0 Å². The summed E-state index contributed by atoms with van der Waals surface area (Å²) < 4.78 is 7.65. The maximum atomic E-state index is 5.55. The Balaban J connectivity index is 2.04. The van der Waals surface area contributed by atoms with Gasteiger partial charge < -0.3 is 10.1 Å². The lowest BCUT2D eigenvalue weighted by Crippen LogP contribution is -2.17. The highest BCUT2D eigenvalue weighted by molar-refractivity contribution is 9.13. The highest BCUT2D eigenvalue weighted by atomic mass is 79.9. The van der Waals surface area contributed by atoms with Crippen LogP contribution in [-0.2, 0) is 17.8 Å². The maximum absolute atomic E-state index is 5.55. The molecule has 0 saturated carbocycles. The van der Waals surface area contributed by atoms with Crippen LogP contribution in [-0.4, -0.2) is 23.1 Å². The van der Waals surface area contributed by atoms with Gasteiger partial charge in [-0.2, -0.15) is 0 Å². The number of fused-ring (bicyclic) bond motifs is 1. The molecular weight excluding hydrogens is 418 g/mol. The highest BCUT2D eigenvalue weighted by Gasteiger charge is 2.20. The van der Waals surface area contributed by atoms with Gasteiger partial charge in [-0.3, -0.25) is 0 Å². The van der Waals surface area contributed by atoms with E-state index in [1.165, 1.54) is 0 Å². The Hall–Kier alpha value is -0.500. The first-order valence-corrected chi connectivity index (χ1v) is 9.26. The summed E-state index contributed by atoms with van der Waals surface area (Å²) in [6, 6.07) is 2.05. The lowest BCUT2D eigenvalue weighted by Gasteiger charge is -2.19. The Morgan fingerprint density at radius 1 is 1.38 bits per heavy atom. The topological polar surface area (TPSA) is 47.0 Å². The molecule has 4 nitrogen and oxygen atoms in total. The molecule has 7 heteroatoms. The zero-order valence-corrected chi connectivity index (χ0v) is 15.6. The van der Waals surface area contributed by atoms with Gasteiger partial charge in [0.1, 0.15) is 5.82 Å². The molecule has 0 amide bonds. The predicted octanol–water partition coefficient (Wildman–Crippen LogP) is 4.62. The zero-order chi connectivity index (χ0) is 14.8. The Morgan fingerprint density at radius 3 is 2.95 bits per heavy atom. The Morgan fingerprint density at radius 2 is 2.24 bits per heavy atom. The molecule has 0 unspecified atom stereocenters. The molecule has 0 radical (unpaired) electrons. The van der Waals surface area contributed by atoms with Crippen LogP contribution < -0.4 is 5.32 Å². The molecule has 0 aliphatic carbocycles. The molecular formula is C14H15Br2N3OS. The molecule has 1 aliphatic heterocycles. The van der Waals surface area contributed by atoms with Crippen LogP contribution in [0.4, 0.5) is 5.82 Å². The smallest absolute Gasteiger partial charge is 0.171 e. The van der Waals surface area contributed by atoms with Gasteiger partial charge in [-0.15, -0.1) is 11.3 Å². The summed E-state index contributed by atoms with van der Waals surface area (Å²) >= 11 is 8.69. The van der Waals surface area contributed by atoms with Crippen molar-refractivity contribution in [3.63, 3.8) is 0 Å². The molecule has 0 bridgehead atoms. The number of nitrogens with zero attached hydrogens (tertiary/aromatic N) is 2. The molecule has 0 atom stereocenters. The molecule has 0 fully saturated rings. The van der Waals surface area contributed by atoms with E-state index in [4.69, 9.17) is 14.7 Å². The second-order valence-corrected chi connectivity index (χ2v) is 8.01. The van der Waals surface area contributed by atoms with Gasteiger partial charge in [-0.05, 0) is 44.3 Å². The number of hydrogen-bond donors (Lipinski definition) is 1. The van der Waals surface area contributed by atoms with Crippen molar-refractivity contribution in [1.29, 1.82) is 0 Å². The fourth-order valence-electron chi connectivity index (χ4n) is 2.19. The second-order valence-electron chi connectivity index (χ2n) is 4.78. The van der Waals surface area contributed by atoms with Gasteiger partial charge in [0.2, 0.25) is 0 Å². The first-order valence-electron chi connectivity index (χ1n) is 6.85. The van der Waals surface area contributed by atoms with E-state index in [0.717, 1.165) is 62.0 Å². The van der Waals surface area contributed by atoms with Gasteiger partial charge in [0.05, 0.1) is 27.6 Å². The van der Waals surface area contributed by atoms with E-state index in [9.17, 15) is 0 Å². The molecule has 0 aromatic carbocycles. The first-order chi connectivity index (χ1) is 10.2. The Bertz CT molecular complexity index is 640. The van der Waals surface area contributed by atoms with Crippen LogP contribution in [0.5, 0.6) is 0 Å². The molecule has 3 rings (SSSR count). The fraction of sp³-hybridized carbons (Fsp3) is 0.429. The van der Waals surface area contributed by atoms with E-state index in [-0.39, 0.29) is 0 Å². The number of rotatable bonds is 4. The summed E-state index contributed by atoms with van der Waals surface area (Å²) in [6.07, 6.45) is 1.91.